The van der Waals surface area contributed by atoms with Crippen molar-refractivity contribution in [2.45, 2.75) is 26.9 Å². The highest BCUT2D eigenvalue weighted by atomic mass is 19.1. The van der Waals surface area contributed by atoms with Crippen LogP contribution >= 0.6 is 0 Å². The number of alkyl halides is 1. The van der Waals surface area contributed by atoms with Crippen LogP contribution in [0.3, 0.4) is 0 Å². The molecule has 4 rings (SSSR count). The van der Waals surface area contributed by atoms with E-state index >= 15 is 0 Å². The van der Waals surface area contributed by atoms with Gasteiger partial charge in [0.05, 0.1) is 6.67 Å². The van der Waals surface area contributed by atoms with Crippen LogP contribution < -0.4 is 9.47 Å². The molecule has 0 bridgehead atoms. The molecule has 1 unspecified atom stereocenters. The second-order valence-electron chi connectivity index (χ2n) is 8.66. The van der Waals surface area contributed by atoms with Gasteiger partial charge in [0.1, 0.15) is 30.0 Å². The molecule has 0 spiro atoms. The Labute approximate surface area is 195 Å². The summed E-state index contributed by atoms with van der Waals surface area (Å²) in [5.74, 6) is 1.99. The zero-order chi connectivity index (χ0) is 23.4. The molecule has 2 aromatic carbocycles. The van der Waals surface area contributed by atoms with Crippen LogP contribution in [0.25, 0.3) is 5.57 Å². The van der Waals surface area contributed by atoms with Crippen LogP contribution in [-0.4, -0.2) is 42.9 Å². The van der Waals surface area contributed by atoms with E-state index in [0.717, 1.165) is 59.0 Å². The Bertz CT molecular complexity index is 1070. The fraction of sp³-hybridized carbons (Fsp3) is 0.357. The lowest BCUT2D eigenvalue weighted by molar-refractivity contribution is 0.0668. The average molecular weight is 450 g/mol. The monoisotopic (exact) mass is 449 g/mol. The first-order valence-corrected chi connectivity index (χ1v) is 11.5. The Morgan fingerprint density at radius 1 is 1.18 bits per heavy atom. The van der Waals surface area contributed by atoms with Gasteiger partial charge in [0.25, 0.3) is 0 Å². The van der Waals surface area contributed by atoms with Crippen molar-refractivity contribution in [2.24, 2.45) is 5.92 Å². The summed E-state index contributed by atoms with van der Waals surface area (Å²) in [6, 6.07) is 13.3. The summed E-state index contributed by atoms with van der Waals surface area (Å²) in [7, 11) is 0. The van der Waals surface area contributed by atoms with E-state index in [-0.39, 0.29) is 24.4 Å². The third-order valence-corrected chi connectivity index (χ3v) is 6.36. The van der Waals surface area contributed by atoms with E-state index in [9.17, 15) is 9.50 Å². The maximum absolute atomic E-state index is 12.6. The minimum Gasteiger partial charge on any atom is -0.508 e. The molecule has 174 valence electrons. The third kappa shape index (κ3) is 4.98. The van der Waals surface area contributed by atoms with Gasteiger partial charge in [0, 0.05) is 36.7 Å². The number of hydrogen-bond acceptors (Lipinski definition) is 4. The first-order valence-electron chi connectivity index (χ1n) is 11.5. The Morgan fingerprint density at radius 2 is 1.94 bits per heavy atom. The largest absolute Gasteiger partial charge is 0.508 e. The summed E-state index contributed by atoms with van der Waals surface area (Å²) < 4.78 is 24.9. The van der Waals surface area contributed by atoms with Gasteiger partial charge in [-0.3, -0.25) is 9.29 Å². The summed E-state index contributed by atoms with van der Waals surface area (Å²) >= 11 is 0. The first kappa shape index (κ1) is 23.1. The van der Waals surface area contributed by atoms with Crippen LogP contribution in [0.5, 0.6) is 17.2 Å². The number of rotatable bonds is 8. The number of nitrogens with zero attached hydrogens (tertiary/aromatic N) is 1. The van der Waals surface area contributed by atoms with Gasteiger partial charge in [-0.2, -0.15) is 0 Å². The minimum absolute atomic E-state index is 0.198. The number of likely N-dealkylation sites (tertiary alicyclic amines) is 1. The number of allylic oxidation sites excluding steroid dienone is 4. The van der Waals surface area contributed by atoms with Crippen LogP contribution in [-0.2, 0) is 0 Å². The van der Waals surface area contributed by atoms with Crippen molar-refractivity contribution in [2.75, 3.05) is 32.9 Å². The molecule has 0 aromatic heterocycles. The van der Waals surface area contributed by atoms with E-state index < -0.39 is 0 Å². The van der Waals surface area contributed by atoms with Crippen molar-refractivity contribution in [1.82, 2.24) is 4.90 Å². The maximum Gasteiger partial charge on any atom is 0.150 e. The van der Waals surface area contributed by atoms with Crippen molar-refractivity contribution < 1.29 is 19.0 Å². The van der Waals surface area contributed by atoms with E-state index in [4.69, 9.17) is 9.47 Å². The second-order valence-corrected chi connectivity index (χ2v) is 8.66. The lowest BCUT2D eigenvalue weighted by Gasteiger charge is -2.37. The SMILES string of the molecule is C/C=C\C(=C/C)C1=C(C)c2cc(O)ccc2OC1c1ccc(OCCN2CC(CF)C2)cc1. The van der Waals surface area contributed by atoms with Gasteiger partial charge in [0.2, 0.25) is 0 Å². The molecule has 1 N–H and O–H groups in total. The second kappa shape index (κ2) is 10.3. The Hall–Kier alpha value is -3.05. The average Bonchev–Trinajstić information content (AvgIpc) is 2.80. The Morgan fingerprint density at radius 3 is 2.61 bits per heavy atom. The summed E-state index contributed by atoms with van der Waals surface area (Å²) in [6.45, 7) is 8.92. The van der Waals surface area contributed by atoms with E-state index in [0.29, 0.717) is 6.61 Å². The van der Waals surface area contributed by atoms with Crippen LogP contribution in [0.2, 0.25) is 0 Å². The molecule has 1 atom stereocenters. The van der Waals surface area contributed by atoms with Gasteiger partial charge in [-0.1, -0.05) is 30.4 Å². The first-order chi connectivity index (χ1) is 16.0. The Balaban J connectivity index is 1.54. The van der Waals surface area contributed by atoms with E-state index in [1.54, 1.807) is 12.1 Å². The van der Waals surface area contributed by atoms with Crippen LogP contribution in [0.4, 0.5) is 4.39 Å². The van der Waals surface area contributed by atoms with Crippen molar-refractivity contribution in [3.05, 3.63) is 83.0 Å². The summed E-state index contributed by atoms with van der Waals surface area (Å²) in [4.78, 5) is 2.21. The molecule has 33 heavy (non-hydrogen) atoms. The fourth-order valence-corrected chi connectivity index (χ4v) is 4.55. The lowest BCUT2D eigenvalue weighted by Crippen LogP contribution is -2.49. The minimum atomic E-state index is -0.266. The molecule has 1 saturated heterocycles. The zero-order valence-corrected chi connectivity index (χ0v) is 19.6. The van der Waals surface area contributed by atoms with E-state index in [1.165, 1.54) is 0 Å². The van der Waals surface area contributed by atoms with Gasteiger partial charge in [-0.25, -0.2) is 0 Å². The van der Waals surface area contributed by atoms with Gasteiger partial charge in [-0.05, 0) is 67.8 Å². The summed E-state index contributed by atoms with van der Waals surface area (Å²) in [5.41, 5.74) is 5.21. The molecule has 0 aliphatic carbocycles. The highest BCUT2D eigenvalue weighted by Gasteiger charge is 2.30. The molecular weight excluding hydrogens is 417 g/mol. The molecule has 0 amide bonds. The normalized spacial score (nSPS) is 19.4. The number of fused-ring (bicyclic) bond motifs is 1. The summed E-state index contributed by atoms with van der Waals surface area (Å²) in [6.07, 6.45) is 5.93. The topological polar surface area (TPSA) is 41.9 Å². The number of ether oxygens (including phenoxy) is 2. The predicted molar refractivity (Wildman–Crippen MR) is 130 cm³/mol. The molecule has 2 aromatic rings. The van der Waals surface area contributed by atoms with Gasteiger partial charge < -0.3 is 14.6 Å². The van der Waals surface area contributed by atoms with Gasteiger partial charge in [0.15, 0.2) is 0 Å². The molecule has 2 aliphatic rings. The van der Waals surface area contributed by atoms with Gasteiger partial charge >= 0.3 is 0 Å². The predicted octanol–water partition coefficient (Wildman–Crippen LogP) is 6.10. The van der Waals surface area contributed by atoms with Crippen molar-refractivity contribution >= 4 is 5.57 Å². The number of hydrogen-bond donors (Lipinski definition) is 1. The molecule has 2 aliphatic heterocycles. The number of phenols is 1. The van der Waals surface area contributed by atoms with Crippen LogP contribution in [0, 0.1) is 5.92 Å². The van der Waals surface area contributed by atoms with Gasteiger partial charge in [-0.15, -0.1) is 0 Å². The third-order valence-electron chi connectivity index (χ3n) is 6.36. The molecule has 4 nitrogen and oxygen atoms in total. The molecule has 0 radical (unpaired) electrons. The number of aromatic hydroxyl groups is 1. The summed E-state index contributed by atoms with van der Waals surface area (Å²) in [5, 5.41) is 10.0. The number of phenolic OH excluding ortho intramolecular Hbond substituents is 1. The molecule has 2 heterocycles. The van der Waals surface area contributed by atoms with Crippen molar-refractivity contribution in [3.63, 3.8) is 0 Å². The van der Waals surface area contributed by atoms with Crippen molar-refractivity contribution in [1.29, 1.82) is 0 Å². The highest BCUT2D eigenvalue weighted by molar-refractivity contribution is 5.79. The van der Waals surface area contributed by atoms with E-state index in [2.05, 4.69) is 24.0 Å². The van der Waals surface area contributed by atoms with Crippen LogP contribution in [0.15, 0.2) is 71.8 Å². The number of halogens is 1. The quantitative estimate of drug-likeness (QED) is 0.494. The van der Waals surface area contributed by atoms with Crippen molar-refractivity contribution in [3.8, 4) is 17.2 Å². The van der Waals surface area contributed by atoms with Crippen LogP contribution in [0.1, 0.15) is 38.0 Å². The smallest absolute Gasteiger partial charge is 0.150 e. The van der Waals surface area contributed by atoms with E-state index in [1.807, 2.05) is 50.3 Å². The fourth-order valence-electron chi connectivity index (χ4n) is 4.55. The Kier molecular flexibility index (Phi) is 7.19. The standard InChI is InChI=1S/C28H32FNO3/c1-4-6-21(5-2)27-19(3)25-15-23(31)9-12-26(25)33-28(27)22-7-10-24(11-8-22)32-14-13-30-17-20(16-29)18-30/h4-12,15,20,28,31H,13-14,16-18H2,1-3H3/b6-4-,21-5+. The number of benzene rings is 2. The maximum atomic E-state index is 12.6. The highest BCUT2D eigenvalue weighted by Crippen LogP contribution is 2.46. The molecular formula is C28H32FNO3. The molecule has 5 heteroatoms. The molecule has 0 saturated carbocycles. The zero-order valence-electron chi connectivity index (χ0n) is 19.6. The lowest BCUT2D eigenvalue weighted by atomic mass is 9.85. The molecule has 1 fully saturated rings.